The van der Waals surface area contributed by atoms with Gasteiger partial charge in [0.05, 0.1) is 15.1 Å². The van der Waals surface area contributed by atoms with Crippen molar-refractivity contribution >= 4 is 48.7 Å². The number of anilines is 1. The maximum absolute atomic E-state index is 12.9. The highest BCUT2D eigenvalue weighted by molar-refractivity contribution is 7.89. The van der Waals surface area contributed by atoms with Gasteiger partial charge in [-0.15, -0.1) is 13.2 Å². The number of nitrogens with one attached hydrogen (secondary N) is 1. The van der Waals surface area contributed by atoms with Gasteiger partial charge in [0.25, 0.3) is 0 Å². The molecule has 0 radical (unpaired) electrons. The van der Waals surface area contributed by atoms with Gasteiger partial charge in [-0.1, -0.05) is 53.8 Å². The first-order valence-corrected chi connectivity index (χ1v) is 11.4. The first-order valence-electron chi connectivity index (χ1n) is 9.10. The van der Waals surface area contributed by atoms with Crippen LogP contribution in [-0.4, -0.2) is 36.7 Å². The molecule has 8 heteroatoms. The number of carbonyl (C=O) groups excluding carboxylic acids is 1. The molecule has 0 fully saturated rings. The van der Waals surface area contributed by atoms with E-state index in [1.807, 2.05) is 30.3 Å². The second kappa shape index (κ2) is 9.62. The fourth-order valence-electron chi connectivity index (χ4n) is 2.71. The van der Waals surface area contributed by atoms with Crippen LogP contribution < -0.4 is 5.32 Å². The second-order valence-electron chi connectivity index (χ2n) is 6.28. The number of fused-ring (bicyclic) bond motifs is 1. The molecule has 0 aliphatic rings. The van der Waals surface area contributed by atoms with Crippen LogP contribution >= 0.6 is 11.3 Å². The molecule has 1 aromatic heterocycles. The average Bonchev–Trinajstić information content (AvgIpc) is 3.14. The molecule has 0 unspecified atom stereocenters. The van der Waals surface area contributed by atoms with E-state index in [1.54, 1.807) is 18.2 Å². The smallest absolute Gasteiger partial charge is 0.250 e. The number of carbonyl (C=O) groups is 1. The van der Waals surface area contributed by atoms with Crippen molar-refractivity contribution in [2.45, 2.75) is 4.90 Å². The predicted molar refractivity (Wildman–Crippen MR) is 123 cm³/mol. The first-order chi connectivity index (χ1) is 14.4. The maximum atomic E-state index is 12.9. The Bertz CT molecular complexity index is 1190. The van der Waals surface area contributed by atoms with Crippen molar-refractivity contribution in [2.24, 2.45) is 0 Å². The van der Waals surface area contributed by atoms with E-state index in [0.29, 0.717) is 15.3 Å². The molecule has 0 aliphatic carbocycles. The van der Waals surface area contributed by atoms with E-state index < -0.39 is 10.0 Å². The number of thiazole rings is 1. The first kappa shape index (κ1) is 21.6. The summed E-state index contributed by atoms with van der Waals surface area (Å²) in [5.74, 6) is -0.311. The van der Waals surface area contributed by atoms with Gasteiger partial charge in [0.1, 0.15) is 0 Å². The van der Waals surface area contributed by atoms with E-state index in [0.717, 1.165) is 5.56 Å². The maximum Gasteiger partial charge on any atom is 0.250 e. The van der Waals surface area contributed by atoms with Gasteiger partial charge in [-0.25, -0.2) is 13.4 Å². The zero-order valence-corrected chi connectivity index (χ0v) is 17.8. The number of sulfonamides is 1. The highest BCUT2D eigenvalue weighted by Gasteiger charge is 2.23. The minimum Gasteiger partial charge on any atom is -0.298 e. The van der Waals surface area contributed by atoms with Gasteiger partial charge in [-0.2, -0.15) is 4.31 Å². The Morgan fingerprint density at radius 3 is 2.47 bits per heavy atom. The molecule has 154 valence electrons. The molecule has 0 atom stereocenters. The third kappa shape index (κ3) is 5.10. The summed E-state index contributed by atoms with van der Waals surface area (Å²) in [4.78, 5) is 16.7. The Hall–Kier alpha value is -3.07. The predicted octanol–water partition coefficient (Wildman–Crippen LogP) is 4.31. The minimum absolute atomic E-state index is 0.157. The van der Waals surface area contributed by atoms with Crippen molar-refractivity contribution < 1.29 is 13.2 Å². The van der Waals surface area contributed by atoms with Crippen LogP contribution in [0.3, 0.4) is 0 Å². The van der Waals surface area contributed by atoms with E-state index in [4.69, 9.17) is 0 Å². The zero-order valence-electron chi connectivity index (χ0n) is 16.2. The largest absolute Gasteiger partial charge is 0.298 e. The van der Waals surface area contributed by atoms with Gasteiger partial charge in [-0.3, -0.25) is 10.1 Å². The van der Waals surface area contributed by atoms with Crippen molar-refractivity contribution in [3.05, 3.63) is 85.5 Å². The molecule has 2 aromatic carbocycles. The number of hydrogen-bond donors (Lipinski definition) is 1. The molecule has 6 nitrogen and oxygen atoms in total. The monoisotopic (exact) mass is 439 g/mol. The summed E-state index contributed by atoms with van der Waals surface area (Å²) in [5, 5.41) is 3.12. The average molecular weight is 440 g/mol. The highest BCUT2D eigenvalue weighted by atomic mass is 32.2. The number of hydrogen-bond acceptors (Lipinski definition) is 5. The molecule has 0 saturated heterocycles. The van der Waals surface area contributed by atoms with E-state index in [1.165, 1.54) is 39.9 Å². The van der Waals surface area contributed by atoms with Crippen LogP contribution in [0.15, 0.2) is 84.8 Å². The minimum atomic E-state index is -3.70. The van der Waals surface area contributed by atoms with E-state index in [9.17, 15) is 13.2 Å². The Morgan fingerprint density at radius 1 is 1.10 bits per heavy atom. The molecule has 30 heavy (non-hydrogen) atoms. The Kier molecular flexibility index (Phi) is 6.94. The van der Waals surface area contributed by atoms with Crippen LogP contribution in [0, 0.1) is 0 Å². The molecular weight excluding hydrogens is 418 g/mol. The quantitative estimate of drug-likeness (QED) is 0.398. The van der Waals surface area contributed by atoms with Crippen molar-refractivity contribution in [1.29, 1.82) is 0 Å². The van der Waals surface area contributed by atoms with Gasteiger partial charge < -0.3 is 0 Å². The van der Waals surface area contributed by atoms with Gasteiger partial charge >= 0.3 is 0 Å². The van der Waals surface area contributed by atoms with Gasteiger partial charge in [0.2, 0.25) is 15.9 Å². The van der Waals surface area contributed by atoms with E-state index in [2.05, 4.69) is 23.5 Å². The Morgan fingerprint density at radius 2 is 1.80 bits per heavy atom. The fraction of sp³-hybridized carbons (Fsp3) is 0.0909. The molecule has 0 saturated carbocycles. The van der Waals surface area contributed by atoms with E-state index >= 15 is 0 Å². The summed E-state index contributed by atoms with van der Waals surface area (Å²) in [5.41, 5.74) is 1.52. The van der Waals surface area contributed by atoms with E-state index in [-0.39, 0.29) is 23.9 Å². The van der Waals surface area contributed by atoms with Crippen LogP contribution in [0.4, 0.5) is 5.13 Å². The number of amides is 1. The van der Waals surface area contributed by atoms with Crippen LogP contribution in [0.5, 0.6) is 0 Å². The molecule has 3 aromatic rings. The van der Waals surface area contributed by atoms with Crippen molar-refractivity contribution in [3.63, 3.8) is 0 Å². The molecular formula is C22H21N3O3S2. The summed E-state index contributed by atoms with van der Waals surface area (Å²) < 4.78 is 27.7. The lowest BCUT2D eigenvalue weighted by Gasteiger charge is -2.18. The lowest BCUT2D eigenvalue weighted by Crippen LogP contribution is -2.31. The molecule has 0 spiro atoms. The van der Waals surface area contributed by atoms with Crippen molar-refractivity contribution in [3.8, 4) is 0 Å². The summed E-state index contributed by atoms with van der Waals surface area (Å²) in [6.07, 6.45) is 6.20. The number of nitrogens with zero attached hydrogens (tertiary/aromatic N) is 2. The molecule has 1 N–H and O–H groups in total. The fourth-order valence-corrected chi connectivity index (χ4v) is 5.10. The number of rotatable bonds is 9. The van der Waals surface area contributed by atoms with Gasteiger partial charge in [-0.05, 0) is 29.8 Å². The topological polar surface area (TPSA) is 79.4 Å². The standard InChI is InChI=1S/C22H21N3O3S2/c1-3-14-25(15-4-2)30(27,28)18-11-12-19-20(16-18)29-22(23-19)24-21(26)13-10-17-8-6-5-7-9-17/h3-13,16H,1-2,14-15H2,(H,23,24,26). The summed E-state index contributed by atoms with van der Waals surface area (Å²) in [6.45, 7) is 7.59. The lowest BCUT2D eigenvalue weighted by molar-refractivity contribution is -0.111. The summed E-state index contributed by atoms with van der Waals surface area (Å²) in [7, 11) is -3.70. The van der Waals surface area contributed by atoms with Crippen molar-refractivity contribution in [1.82, 2.24) is 9.29 Å². The Balaban J connectivity index is 1.80. The SMILES string of the molecule is C=CCN(CC=C)S(=O)(=O)c1ccc2nc(NC(=O)C=Cc3ccccc3)sc2c1. The number of benzene rings is 2. The molecule has 1 heterocycles. The number of aromatic nitrogens is 1. The summed E-state index contributed by atoms with van der Waals surface area (Å²) >= 11 is 1.22. The van der Waals surface area contributed by atoms with Crippen molar-refractivity contribution in [2.75, 3.05) is 18.4 Å². The highest BCUT2D eigenvalue weighted by Crippen LogP contribution is 2.29. The normalized spacial score (nSPS) is 11.8. The second-order valence-corrected chi connectivity index (χ2v) is 9.25. The third-order valence-corrected chi connectivity index (χ3v) is 6.88. The third-order valence-electron chi connectivity index (χ3n) is 4.12. The summed E-state index contributed by atoms with van der Waals surface area (Å²) in [6, 6.07) is 14.2. The molecule has 0 aliphatic heterocycles. The lowest BCUT2D eigenvalue weighted by atomic mass is 10.2. The molecule has 0 bridgehead atoms. The molecule has 1 amide bonds. The zero-order chi connectivity index (χ0) is 21.6. The van der Waals surface area contributed by atoms with Crippen LogP contribution in [-0.2, 0) is 14.8 Å². The van der Waals surface area contributed by atoms with Crippen LogP contribution in [0.1, 0.15) is 5.56 Å². The van der Waals surface area contributed by atoms with Gasteiger partial charge in [0.15, 0.2) is 5.13 Å². The molecule has 3 rings (SSSR count). The Labute approximate surface area is 179 Å². The van der Waals surface area contributed by atoms with Crippen LogP contribution in [0.2, 0.25) is 0 Å². The van der Waals surface area contributed by atoms with Gasteiger partial charge in [0, 0.05) is 19.2 Å². The van der Waals surface area contributed by atoms with Crippen LogP contribution in [0.25, 0.3) is 16.3 Å².